The van der Waals surface area contributed by atoms with Gasteiger partial charge >= 0.3 is 0 Å². The molecule has 0 saturated heterocycles. The summed E-state index contributed by atoms with van der Waals surface area (Å²) in [7, 11) is 0. The number of ether oxygens (including phenoxy) is 1. The fraction of sp³-hybridized carbons (Fsp3) is 0.833. The van der Waals surface area contributed by atoms with Gasteiger partial charge in [0.25, 0.3) is 6.47 Å². The van der Waals surface area contributed by atoms with E-state index in [0.29, 0.717) is 13.1 Å². The molecular formula is C6H12ClNO2. The third-order valence-corrected chi connectivity index (χ3v) is 1.68. The van der Waals surface area contributed by atoms with E-state index in [2.05, 4.69) is 4.74 Å². The van der Waals surface area contributed by atoms with Crippen molar-refractivity contribution in [2.75, 3.05) is 6.61 Å². The van der Waals surface area contributed by atoms with Crippen LogP contribution in [0, 0.1) is 0 Å². The van der Waals surface area contributed by atoms with Crippen LogP contribution in [0.3, 0.4) is 0 Å². The smallest absolute Gasteiger partial charge is 0.293 e. The Balaban J connectivity index is 0.000000810. The molecule has 1 fully saturated rings. The van der Waals surface area contributed by atoms with E-state index in [1.165, 1.54) is 0 Å². The Morgan fingerprint density at radius 1 is 1.60 bits per heavy atom. The van der Waals surface area contributed by atoms with Crippen LogP contribution in [0.4, 0.5) is 0 Å². The predicted octanol–water partition coefficient (Wildman–Crippen LogP) is 0.463. The summed E-state index contributed by atoms with van der Waals surface area (Å²) in [5.41, 5.74) is 5.71. The fourth-order valence-electron chi connectivity index (χ4n) is 0.721. The van der Waals surface area contributed by atoms with Crippen molar-refractivity contribution in [1.82, 2.24) is 0 Å². The molecule has 0 aliphatic heterocycles. The van der Waals surface area contributed by atoms with Crippen LogP contribution in [0.25, 0.3) is 0 Å². The molecule has 0 atom stereocenters. The number of hydrogen-bond donors (Lipinski definition) is 1. The molecule has 60 valence electrons. The second kappa shape index (κ2) is 3.78. The number of carbonyl (C=O) groups excluding carboxylic acids is 1. The molecule has 0 aromatic rings. The Kier molecular flexibility index (Phi) is 3.68. The summed E-state index contributed by atoms with van der Waals surface area (Å²) in [5.74, 6) is 0. The van der Waals surface area contributed by atoms with E-state index in [-0.39, 0.29) is 17.9 Å². The second-order valence-electron chi connectivity index (χ2n) is 2.58. The van der Waals surface area contributed by atoms with Gasteiger partial charge in [-0.2, -0.15) is 0 Å². The molecule has 3 nitrogen and oxygen atoms in total. The Bertz CT molecular complexity index is 114. The SMILES string of the molecule is Cl.NC1(CCOC=O)CC1. The Labute approximate surface area is 66.3 Å². The van der Waals surface area contributed by atoms with Gasteiger partial charge < -0.3 is 10.5 Å². The van der Waals surface area contributed by atoms with E-state index in [9.17, 15) is 4.79 Å². The van der Waals surface area contributed by atoms with Crippen LogP contribution in [-0.2, 0) is 9.53 Å². The van der Waals surface area contributed by atoms with Crippen LogP contribution in [0.2, 0.25) is 0 Å². The lowest BCUT2D eigenvalue weighted by Gasteiger charge is -2.04. The largest absolute Gasteiger partial charge is 0.468 e. The molecule has 2 N–H and O–H groups in total. The molecule has 1 aliphatic rings. The first kappa shape index (κ1) is 9.72. The number of carbonyl (C=O) groups is 1. The average molecular weight is 166 g/mol. The van der Waals surface area contributed by atoms with Gasteiger partial charge in [-0.15, -0.1) is 12.4 Å². The first-order chi connectivity index (χ1) is 4.27. The minimum absolute atomic E-state index is 0. The molecule has 0 aromatic heterocycles. The molecule has 0 heterocycles. The first-order valence-electron chi connectivity index (χ1n) is 3.11. The van der Waals surface area contributed by atoms with Gasteiger partial charge in [0.1, 0.15) is 0 Å². The van der Waals surface area contributed by atoms with Crippen molar-refractivity contribution in [3.8, 4) is 0 Å². The molecule has 0 amide bonds. The maximum absolute atomic E-state index is 9.65. The quantitative estimate of drug-likeness (QED) is 0.487. The number of nitrogens with two attached hydrogens (primary N) is 1. The van der Waals surface area contributed by atoms with Crippen LogP contribution in [0.1, 0.15) is 19.3 Å². The van der Waals surface area contributed by atoms with Gasteiger partial charge in [-0.3, -0.25) is 4.79 Å². The fourth-order valence-corrected chi connectivity index (χ4v) is 0.721. The molecule has 0 unspecified atom stereocenters. The van der Waals surface area contributed by atoms with Crippen molar-refractivity contribution in [1.29, 1.82) is 0 Å². The van der Waals surface area contributed by atoms with Crippen LogP contribution in [-0.4, -0.2) is 18.6 Å². The van der Waals surface area contributed by atoms with Crippen molar-refractivity contribution in [2.45, 2.75) is 24.8 Å². The molecule has 10 heavy (non-hydrogen) atoms. The molecular weight excluding hydrogens is 154 g/mol. The third-order valence-electron chi connectivity index (χ3n) is 1.68. The zero-order chi connectivity index (χ0) is 6.74. The lowest BCUT2D eigenvalue weighted by molar-refractivity contribution is -0.128. The van der Waals surface area contributed by atoms with E-state index < -0.39 is 0 Å². The van der Waals surface area contributed by atoms with Gasteiger partial charge in [0.15, 0.2) is 0 Å². The standard InChI is InChI=1S/C6H11NO2.ClH/c7-6(1-2-6)3-4-9-5-8;/h5H,1-4,7H2;1H. The van der Waals surface area contributed by atoms with Gasteiger partial charge in [-0.25, -0.2) is 0 Å². The molecule has 1 aliphatic carbocycles. The Morgan fingerprint density at radius 3 is 2.60 bits per heavy atom. The van der Waals surface area contributed by atoms with E-state index in [1.54, 1.807) is 0 Å². The third kappa shape index (κ3) is 3.03. The summed E-state index contributed by atoms with van der Waals surface area (Å²) in [6, 6.07) is 0. The average Bonchev–Trinajstić information content (AvgIpc) is 2.50. The highest BCUT2D eigenvalue weighted by Gasteiger charge is 2.37. The summed E-state index contributed by atoms with van der Waals surface area (Å²) in [4.78, 5) is 9.65. The molecule has 0 aromatic carbocycles. The molecule has 0 radical (unpaired) electrons. The van der Waals surface area contributed by atoms with E-state index >= 15 is 0 Å². The highest BCUT2D eigenvalue weighted by molar-refractivity contribution is 5.85. The second-order valence-corrected chi connectivity index (χ2v) is 2.58. The van der Waals surface area contributed by atoms with Crippen LogP contribution in [0.15, 0.2) is 0 Å². The number of halogens is 1. The lowest BCUT2D eigenvalue weighted by Crippen LogP contribution is -2.23. The Morgan fingerprint density at radius 2 is 2.20 bits per heavy atom. The number of hydrogen-bond acceptors (Lipinski definition) is 3. The van der Waals surface area contributed by atoms with Crippen molar-refractivity contribution in [3.63, 3.8) is 0 Å². The summed E-state index contributed by atoms with van der Waals surface area (Å²) in [6.07, 6.45) is 2.97. The molecule has 0 bridgehead atoms. The molecule has 4 heteroatoms. The molecule has 1 saturated carbocycles. The van der Waals surface area contributed by atoms with Crippen molar-refractivity contribution >= 4 is 18.9 Å². The van der Waals surface area contributed by atoms with Crippen LogP contribution < -0.4 is 5.73 Å². The van der Waals surface area contributed by atoms with Crippen LogP contribution in [0.5, 0.6) is 0 Å². The highest BCUT2D eigenvalue weighted by atomic mass is 35.5. The number of rotatable bonds is 4. The highest BCUT2D eigenvalue weighted by Crippen LogP contribution is 2.35. The van der Waals surface area contributed by atoms with Gasteiger partial charge in [-0.05, 0) is 19.3 Å². The maximum atomic E-state index is 9.65. The zero-order valence-electron chi connectivity index (χ0n) is 5.71. The van der Waals surface area contributed by atoms with Gasteiger partial charge in [-0.1, -0.05) is 0 Å². The van der Waals surface area contributed by atoms with Crippen molar-refractivity contribution in [3.05, 3.63) is 0 Å². The summed E-state index contributed by atoms with van der Waals surface area (Å²) in [5, 5.41) is 0. The summed E-state index contributed by atoms with van der Waals surface area (Å²) >= 11 is 0. The minimum Gasteiger partial charge on any atom is -0.468 e. The van der Waals surface area contributed by atoms with Gasteiger partial charge in [0, 0.05) is 5.54 Å². The molecule has 0 spiro atoms. The lowest BCUT2D eigenvalue weighted by atomic mass is 10.2. The van der Waals surface area contributed by atoms with Gasteiger partial charge in [0.05, 0.1) is 6.61 Å². The van der Waals surface area contributed by atoms with Gasteiger partial charge in [0.2, 0.25) is 0 Å². The topological polar surface area (TPSA) is 52.3 Å². The predicted molar refractivity (Wildman–Crippen MR) is 40.0 cm³/mol. The van der Waals surface area contributed by atoms with E-state index in [1.807, 2.05) is 0 Å². The first-order valence-corrected chi connectivity index (χ1v) is 3.11. The summed E-state index contributed by atoms with van der Waals surface area (Å²) in [6.45, 7) is 0.936. The molecule has 1 rings (SSSR count). The minimum atomic E-state index is 0. The Hall–Kier alpha value is -0.280. The monoisotopic (exact) mass is 165 g/mol. The van der Waals surface area contributed by atoms with E-state index in [0.717, 1.165) is 19.3 Å². The summed E-state index contributed by atoms with van der Waals surface area (Å²) < 4.78 is 4.49. The van der Waals surface area contributed by atoms with Crippen molar-refractivity contribution < 1.29 is 9.53 Å². The zero-order valence-corrected chi connectivity index (χ0v) is 6.52. The maximum Gasteiger partial charge on any atom is 0.293 e. The van der Waals surface area contributed by atoms with E-state index in [4.69, 9.17) is 5.73 Å². The van der Waals surface area contributed by atoms with Crippen LogP contribution >= 0.6 is 12.4 Å². The van der Waals surface area contributed by atoms with Crippen molar-refractivity contribution in [2.24, 2.45) is 5.73 Å². The normalized spacial score (nSPS) is 18.9.